The van der Waals surface area contributed by atoms with Gasteiger partial charge in [0.25, 0.3) is 0 Å². The summed E-state index contributed by atoms with van der Waals surface area (Å²) in [6.45, 7) is 0.249. The summed E-state index contributed by atoms with van der Waals surface area (Å²) in [5.74, 6) is -0.376. The van der Waals surface area contributed by atoms with Crippen LogP contribution in [0.4, 0.5) is 0 Å². The van der Waals surface area contributed by atoms with E-state index in [-0.39, 0.29) is 12.6 Å². The third-order valence-corrected chi connectivity index (χ3v) is 3.57. The second kappa shape index (κ2) is 6.50. The van der Waals surface area contributed by atoms with Crippen LogP contribution in [0.5, 0.6) is 0 Å². The maximum Gasteiger partial charge on any atom is 0.355 e. The van der Waals surface area contributed by atoms with Crippen LogP contribution in [0.2, 0.25) is 5.02 Å². The number of carbonyl (C=O) groups is 1. The van der Waals surface area contributed by atoms with Gasteiger partial charge in [0.1, 0.15) is 12.3 Å². The highest BCUT2D eigenvalue weighted by Crippen LogP contribution is 2.25. The summed E-state index contributed by atoms with van der Waals surface area (Å²) in [4.78, 5) is 15.2. The van der Waals surface area contributed by atoms with Gasteiger partial charge in [-0.3, -0.25) is 0 Å². The molecule has 3 nitrogen and oxygen atoms in total. The monoisotopic (exact) mass is 311 g/mol. The number of hydrogen-bond acceptors (Lipinski definition) is 2. The molecule has 1 N–H and O–H groups in total. The van der Waals surface area contributed by atoms with Gasteiger partial charge in [0.2, 0.25) is 0 Å². The molecule has 0 unspecified atom stereocenters. The fraction of sp³-hybridized carbons (Fsp3) is 0.0556. The fourth-order valence-electron chi connectivity index (χ4n) is 2.20. The Morgan fingerprint density at radius 1 is 1.00 bits per heavy atom. The lowest BCUT2D eigenvalue weighted by atomic mass is 10.1. The van der Waals surface area contributed by atoms with Gasteiger partial charge >= 0.3 is 5.97 Å². The van der Waals surface area contributed by atoms with Crippen LogP contribution in [0.25, 0.3) is 11.1 Å². The summed E-state index contributed by atoms with van der Waals surface area (Å²) in [6.07, 6.45) is 1.73. The molecule has 0 bridgehead atoms. The topological polar surface area (TPSA) is 42.1 Å². The molecule has 0 radical (unpaired) electrons. The van der Waals surface area contributed by atoms with Crippen molar-refractivity contribution in [2.75, 3.05) is 0 Å². The number of H-pyrrole nitrogens is 1. The third kappa shape index (κ3) is 3.21. The smallest absolute Gasteiger partial charge is 0.355 e. The van der Waals surface area contributed by atoms with Crippen molar-refractivity contribution in [2.24, 2.45) is 0 Å². The van der Waals surface area contributed by atoms with Crippen molar-refractivity contribution in [3.63, 3.8) is 0 Å². The van der Waals surface area contributed by atoms with Gasteiger partial charge in [-0.1, -0.05) is 54.1 Å². The molecule has 0 fully saturated rings. The van der Waals surface area contributed by atoms with E-state index in [0.29, 0.717) is 10.7 Å². The van der Waals surface area contributed by atoms with Gasteiger partial charge in [-0.25, -0.2) is 4.79 Å². The Morgan fingerprint density at radius 2 is 1.73 bits per heavy atom. The highest BCUT2D eigenvalue weighted by molar-refractivity contribution is 6.30. The number of nitrogens with one attached hydrogen (secondary N) is 1. The van der Waals surface area contributed by atoms with E-state index < -0.39 is 0 Å². The Bertz CT molecular complexity index is 763. The molecule has 0 aliphatic carbocycles. The molecule has 22 heavy (non-hydrogen) atoms. The number of aromatic amines is 1. The van der Waals surface area contributed by atoms with Gasteiger partial charge in [-0.05, 0) is 29.3 Å². The molecule has 1 heterocycles. The summed E-state index contributed by atoms with van der Waals surface area (Å²) >= 11 is 5.89. The van der Waals surface area contributed by atoms with Gasteiger partial charge in [0, 0.05) is 16.8 Å². The molecule has 0 saturated heterocycles. The van der Waals surface area contributed by atoms with Crippen LogP contribution in [0.3, 0.4) is 0 Å². The number of aromatic nitrogens is 1. The number of rotatable bonds is 4. The molecular formula is C18H14ClNO2. The van der Waals surface area contributed by atoms with Crippen LogP contribution in [0.1, 0.15) is 16.1 Å². The van der Waals surface area contributed by atoms with Crippen LogP contribution < -0.4 is 0 Å². The largest absolute Gasteiger partial charge is 0.456 e. The van der Waals surface area contributed by atoms with Crippen molar-refractivity contribution in [1.82, 2.24) is 4.98 Å². The first-order valence-electron chi connectivity index (χ1n) is 6.88. The van der Waals surface area contributed by atoms with E-state index in [9.17, 15) is 4.79 Å². The maximum absolute atomic E-state index is 12.3. The van der Waals surface area contributed by atoms with E-state index in [1.54, 1.807) is 18.3 Å². The van der Waals surface area contributed by atoms with Crippen LogP contribution in [0, 0.1) is 0 Å². The molecular weight excluding hydrogens is 298 g/mol. The summed E-state index contributed by atoms with van der Waals surface area (Å²) in [6, 6.07) is 18.8. The number of ether oxygens (including phenoxy) is 1. The lowest BCUT2D eigenvalue weighted by Crippen LogP contribution is -2.07. The molecule has 0 amide bonds. The van der Waals surface area contributed by atoms with E-state index in [1.807, 2.05) is 48.5 Å². The number of hydrogen-bond donors (Lipinski definition) is 1. The first-order valence-corrected chi connectivity index (χ1v) is 7.26. The van der Waals surface area contributed by atoms with Crippen LogP contribution in [0.15, 0.2) is 66.9 Å². The Balaban J connectivity index is 1.76. The molecule has 4 heteroatoms. The lowest BCUT2D eigenvalue weighted by Gasteiger charge is -2.06. The van der Waals surface area contributed by atoms with E-state index in [1.165, 1.54) is 0 Å². The van der Waals surface area contributed by atoms with Crippen LogP contribution in [-0.4, -0.2) is 11.0 Å². The zero-order valence-corrected chi connectivity index (χ0v) is 12.5. The van der Waals surface area contributed by atoms with E-state index in [4.69, 9.17) is 16.3 Å². The molecule has 3 aromatic rings. The molecule has 0 aliphatic rings. The minimum atomic E-state index is -0.376. The first-order chi connectivity index (χ1) is 10.7. The summed E-state index contributed by atoms with van der Waals surface area (Å²) in [7, 11) is 0. The number of esters is 1. The van der Waals surface area contributed by atoms with Crippen molar-refractivity contribution < 1.29 is 9.53 Å². The summed E-state index contributed by atoms with van der Waals surface area (Å²) < 4.78 is 5.36. The Kier molecular flexibility index (Phi) is 4.26. The molecule has 3 rings (SSSR count). The van der Waals surface area contributed by atoms with E-state index >= 15 is 0 Å². The van der Waals surface area contributed by atoms with Crippen molar-refractivity contribution in [3.8, 4) is 11.1 Å². The van der Waals surface area contributed by atoms with E-state index in [0.717, 1.165) is 16.7 Å². The summed E-state index contributed by atoms with van der Waals surface area (Å²) in [5, 5.41) is 0.660. The van der Waals surface area contributed by atoms with Crippen LogP contribution in [-0.2, 0) is 11.3 Å². The number of halogens is 1. The Labute approximate surface area is 133 Å². The van der Waals surface area contributed by atoms with Gasteiger partial charge in [0.15, 0.2) is 0 Å². The van der Waals surface area contributed by atoms with Crippen molar-refractivity contribution in [3.05, 3.63) is 83.1 Å². The zero-order chi connectivity index (χ0) is 15.4. The molecule has 0 saturated carbocycles. The van der Waals surface area contributed by atoms with Gasteiger partial charge in [-0.15, -0.1) is 0 Å². The minimum absolute atomic E-state index is 0.249. The Hall–Kier alpha value is -2.52. The van der Waals surface area contributed by atoms with E-state index in [2.05, 4.69) is 4.98 Å². The normalized spacial score (nSPS) is 10.4. The van der Waals surface area contributed by atoms with Crippen molar-refractivity contribution >= 4 is 17.6 Å². The first kappa shape index (κ1) is 14.4. The molecule has 110 valence electrons. The van der Waals surface area contributed by atoms with Crippen LogP contribution >= 0.6 is 11.6 Å². The zero-order valence-electron chi connectivity index (χ0n) is 11.8. The molecule has 0 atom stereocenters. The van der Waals surface area contributed by atoms with Crippen molar-refractivity contribution in [2.45, 2.75) is 6.61 Å². The SMILES string of the molecule is O=C(OCc1ccccc1)c1[nH]ccc1-c1ccc(Cl)cc1. The average Bonchev–Trinajstić information content (AvgIpc) is 3.04. The average molecular weight is 312 g/mol. The number of benzene rings is 2. The van der Waals surface area contributed by atoms with Gasteiger partial charge in [0.05, 0.1) is 0 Å². The summed E-state index contributed by atoms with van der Waals surface area (Å²) in [5.41, 5.74) is 3.11. The fourth-order valence-corrected chi connectivity index (χ4v) is 2.33. The van der Waals surface area contributed by atoms with Gasteiger partial charge in [-0.2, -0.15) is 0 Å². The van der Waals surface area contributed by atoms with Gasteiger partial charge < -0.3 is 9.72 Å². The predicted octanol–water partition coefficient (Wildman–Crippen LogP) is 4.69. The molecule has 0 spiro atoms. The molecule has 1 aromatic heterocycles. The standard InChI is InChI=1S/C18H14ClNO2/c19-15-8-6-14(7-9-15)16-10-11-20-17(16)18(21)22-12-13-4-2-1-3-5-13/h1-11,20H,12H2. The maximum atomic E-state index is 12.3. The van der Waals surface area contributed by atoms with Crippen molar-refractivity contribution in [1.29, 1.82) is 0 Å². The third-order valence-electron chi connectivity index (χ3n) is 3.32. The highest BCUT2D eigenvalue weighted by Gasteiger charge is 2.15. The molecule has 0 aliphatic heterocycles. The highest BCUT2D eigenvalue weighted by atomic mass is 35.5. The second-order valence-electron chi connectivity index (χ2n) is 4.83. The predicted molar refractivity (Wildman–Crippen MR) is 86.8 cm³/mol. The minimum Gasteiger partial charge on any atom is -0.456 e. The second-order valence-corrected chi connectivity index (χ2v) is 5.27. The molecule has 2 aromatic carbocycles. The quantitative estimate of drug-likeness (QED) is 0.710. The number of carbonyl (C=O) groups excluding carboxylic acids is 1. The Morgan fingerprint density at radius 3 is 2.45 bits per heavy atom. The lowest BCUT2D eigenvalue weighted by molar-refractivity contribution is 0.0467.